The lowest BCUT2D eigenvalue weighted by molar-refractivity contribution is 0.0698. The Morgan fingerprint density at radius 1 is 0.926 bits per heavy atom. The Morgan fingerprint density at radius 2 is 1.52 bits per heavy atom. The fourth-order valence-electron chi connectivity index (χ4n) is 3.28. The van der Waals surface area contributed by atoms with Crippen LogP contribution in [0.25, 0.3) is 0 Å². The number of nitrogens with zero attached hydrogens (tertiary/aromatic N) is 2. The lowest BCUT2D eigenvalue weighted by Gasteiger charge is -2.34. The van der Waals surface area contributed by atoms with Crippen molar-refractivity contribution in [2.75, 3.05) is 26.2 Å². The lowest BCUT2D eigenvalue weighted by atomic mass is 10.1. The number of hydrogen-bond acceptors (Lipinski definition) is 3. The van der Waals surface area contributed by atoms with E-state index in [1.54, 1.807) is 17.0 Å². The standard InChI is InChI=1S/C21H26N2O3S/c1-3-4-18-7-11-20(12-8-18)27(25,26)23-15-13-22(14-16-23)21(24)19-9-5-17(2)6-10-19/h5-12H,3-4,13-16H2,1-2H3. The van der Waals surface area contributed by atoms with Crippen LogP contribution in [0.2, 0.25) is 0 Å². The first kappa shape index (κ1) is 19.6. The second-order valence-electron chi connectivity index (χ2n) is 6.96. The van der Waals surface area contributed by atoms with E-state index in [0.29, 0.717) is 36.6 Å². The predicted octanol–water partition coefficient (Wildman–Crippen LogP) is 3.09. The van der Waals surface area contributed by atoms with E-state index < -0.39 is 10.0 Å². The molecule has 0 aromatic heterocycles. The highest BCUT2D eigenvalue weighted by atomic mass is 32.2. The van der Waals surface area contributed by atoms with Crippen molar-refractivity contribution >= 4 is 15.9 Å². The van der Waals surface area contributed by atoms with Gasteiger partial charge in [-0.1, -0.05) is 43.2 Å². The Kier molecular flexibility index (Phi) is 5.97. The van der Waals surface area contributed by atoms with Gasteiger partial charge in [-0.2, -0.15) is 4.31 Å². The molecule has 0 aliphatic carbocycles. The Hall–Kier alpha value is -2.18. The molecule has 144 valence electrons. The molecule has 5 nitrogen and oxygen atoms in total. The molecule has 1 fully saturated rings. The van der Waals surface area contributed by atoms with Crippen molar-refractivity contribution < 1.29 is 13.2 Å². The van der Waals surface area contributed by atoms with Gasteiger partial charge < -0.3 is 4.90 Å². The van der Waals surface area contributed by atoms with Crippen molar-refractivity contribution in [2.24, 2.45) is 0 Å². The van der Waals surface area contributed by atoms with Crippen LogP contribution in [0, 0.1) is 6.92 Å². The van der Waals surface area contributed by atoms with E-state index in [0.717, 1.165) is 24.0 Å². The highest BCUT2D eigenvalue weighted by Crippen LogP contribution is 2.19. The lowest BCUT2D eigenvalue weighted by Crippen LogP contribution is -2.50. The molecule has 0 unspecified atom stereocenters. The summed E-state index contributed by atoms with van der Waals surface area (Å²) in [4.78, 5) is 14.6. The number of aryl methyl sites for hydroxylation is 2. The van der Waals surface area contributed by atoms with E-state index in [-0.39, 0.29) is 5.91 Å². The smallest absolute Gasteiger partial charge is 0.253 e. The predicted molar refractivity (Wildman–Crippen MR) is 106 cm³/mol. The van der Waals surface area contributed by atoms with Crippen LogP contribution in [0.3, 0.4) is 0 Å². The van der Waals surface area contributed by atoms with Crippen molar-refractivity contribution in [3.05, 3.63) is 65.2 Å². The molecule has 0 radical (unpaired) electrons. The minimum atomic E-state index is -3.52. The van der Waals surface area contributed by atoms with Gasteiger partial charge in [-0.25, -0.2) is 8.42 Å². The van der Waals surface area contributed by atoms with Gasteiger partial charge in [-0.05, 0) is 43.2 Å². The minimum absolute atomic E-state index is 0.0454. The number of rotatable bonds is 5. The molecule has 27 heavy (non-hydrogen) atoms. The third kappa shape index (κ3) is 4.39. The molecule has 2 aromatic carbocycles. The van der Waals surface area contributed by atoms with E-state index in [4.69, 9.17) is 0 Å². The van der Waals surface area contributed by atoms with E-state index in [1.807, 2.05) is 43.3 Å². The summed E-state index contributed by atoms with van der Waals surface area (Å²) in [6, 6.07) is 14.6. The van der Waals surface area contributed by atoms with Crippen molar-refractivity contribution in [3.8, 4) is 0 Å². The average Bonchev–Trinajstić information content (AvgIpc) is 2.69. The SMILES string of the molecule is CCCc1ccc(S(=O)(=O)N2CCN(C(=O)c3ccc(C)cc3)CC2)cc1. The Labute approximate surface area is 161 Å². The van der Waals surface area contributed by atoms with Crippen LogP contribution in [0.5, 0.6) is 0 Å². The van der Waals surface area contributed by atoms with Crippen LogP contribution in [0.4, 0.5) is 0 Å². The number of hydrogen-bond donors (Lipinski definition) is 0. The Balaban J connectivity index is 1.65. The van der Waals surface area contributed by atoms with Gasteiger partial charge in [0.05, 0.1) is 4.90 Å². The highest BCUT2D eigenvalue weighted by molar-refractivity contribution is 7.89. The zero-order chi connectivity index (χ0) is 19.4. The fourth-order valence-corrected chi connectivity index (χ4v) is 4.70. The van der Waals surface area contributed by atoms with Crippen molar-refractivity contribution in [3.63, 3.8) is 0 Å². The minimum Gasteiger partial charge on any atom is -0.336 e. The molecule has 3 rings (SSSR count). The molecule has 1 heterocycles. The molecular formula is C21H26N2O3S. The summed E-state index contributed by atoms with van der Waals surface area (Å²) in [5.74, 6) is -0.0454. The van der Waals surface area contributed by atoms with Crippen molar-refractivity contribution in [1.82, 2.24) is 9.21 Å². The quantitative estimate of drug-likeness (QED) is 0.793. The largest absolute Gasteiger partial charge is 0.336 e. The summed E-state index contributed by atoms with van der Waals surface area (Å²) >= 11 is 0. The molecule has 1 saturated heterocycles. The number of carbonyl (C=O) groups is 1. The number of benzene rings is 2. The maximum atomic E-state index is 12.9. The Morgan fingerprint density at radius 3 is 2.07 bits per heavy atom. The Bertz CT molecular complexity index is 882. The molecule has 1 aliphatic heterocycles. The van der Waals surface area contributed by atoms with Gasteiger partial charge >= 0.3 is 0 Å². The zero-order valence-electron chi connectivity index (χ0n) is 15.9. The van der Waals surface area contributed by atoms with Crippen LogP contribution in [0.15, 0.2) is 53.4 Å². The number of piperazine rings is 1. The van der Waals surface area contributed by atoms with E-state index in [2.05, 4.69) is 6.92 Å². The third-order valence-corrected chi connectivity index (χ3v) is 6.84. The topological polar surface area (TPSA) is 57.7 Å². The van der Waals surface area contributed by atoms with Gasteiger partial charge in [0.15, 0.2) is 0 Å². The summed E-state index contributed by atoms with van der Waals surface area (Å²) in [6.45, 7) is 5.52. The fraction of sp³-hybridized carbons (Fsp3) is 0.381. The summed E-state index contributed by atoms with van der Waals surface area (Å²) in [7, 11) is -3.52. The number of sulfonamides is 1. The first-order valence-corrected chi connectivity index (χ1v) is 10.8. The molecular weight excluding hydrogens is 360 g/mol. The third-order valence-electron chi connectivity index (χ3n) is 4.92. The molecule has 1 aliphatic rings. The maximum absolute atomic E-state index is 12.9. The summed E-state index contributed by atoms with van der Waals surface area (Å²) in [5, 5.41) is 0. The summed E-state index contributed by atoms with van der Waals surface area (Å²) in [6.07, 6.45) is 1.98. The van der Waals surface area contributed by atoms with Crippen molar-refractivity contribution in [1.29, 1.82) is 0 Å². The first-order valence-electron chi connectivity index (χ1n) is 9.37. The van der Waals surface area contributed by atoms with E-state index >= 15 is 0 Å². The molecule has 2 aromatic rings. The van der Waals surface area contributed by atoms with Crippen LogP contribution in [-0.2, 0) is 16.4 Å². The highest BCUT2D eigenvalue weighted by Gasteiger charge is 2.30. The molecule has 0 saturated carbocycles. The molecule has 6 heteroatoms. The van der Waals surface area contributed by atoms with Gasteiger partial charge in [-0.3, -0.25) is 4.79 Å². The van der Waals surface area contributed by atoms with Crippen molar-refractivity contribution in [2.45, 2.75) is 31.6 Å². The van der Waals surface area contributed by atoms with E-state index in [9.17, 15) is 13.2 Å². The van der Waals surface area contributed by atoms with Crippen LogP contribution < -0.4 is 0 Å². The van der Waals surface area contributed by atoms with Gasteiger partial charge in [0.25, 0.3) is 5.91 Å². The second-order valence-corrected chi connectivity index (χ2v) is 8.89. The normalized spacial score (nSPS) is 15.7. The van der Waals surface area contributed by atoms with Gasteiger partial charge in [0.2, 0.25) is 10.0 Å². The maximum Gasteiger partial charge on any atom is 0.253 e. The molecule has 0 spiro atoms. The van der Waals surface area contributed by atoms with Crippen LogP contribution in [0.1, 0.15) is 34.8 Å². The van der Waals surface area contributed by atoms with Crippen LogP contribution in [-0.4, -0.2) is 49.7 Å². The number of amides is 1. The van der Waals surface area contributed by atoms with Crippen LogP contribution >= 0.6 is 0 Å². The van der Waals surface area contributed by atoms with Gasteiger partial charge in [0, 0.05) is 31.7 Å². The first-order chi connectivity index (χ1) is 12.9. The molecule has 0 bridgehead atoms. The molecule has 0 atom stereocenters. The monoisotopic (exact) mass is 386 g/mol. The zero-order valence-corrected chi connectivity index (χ0v) is 16.7. The average molecular weight is 387 g/mol. The molecule has 0 N–H and O–H groups in total. The van der Waals surface area contributed by atoms with E-state index in [1.165, 1.54) is 4.31 Å². The summed E-state index contributed by atoms with van der Waals surface area (Å²) in [5.41, 5.74) is 2.89. The number of carbonyl (C=O) groups excluding carboxylic acids is 1. The second kappa shape index (κ2) is 8.23. The summed E-state index contributed by atoms with van der Waals surface area (Å²) < 4.78 is 27.2. The molecule has 1 amide bonds. The van der Waals surface area contributed by atoms with Gasteiger partial charge in [-0.15, -0.1) is 0 Å². The van der Waals surface area contributed by atoms with Gasteiger partial charge in [0.1, 0.15) is 0 Å².